The van der Waals surface area contributed by atoms with Gasteiger partial charge in [-0.15, -0.1) is 5.10 Å². The number of alkyl halides is 3. The third-order valence-electron chi connectivity index (χ3n) is 4.62. The molecule has 1 aliphatic heterocycles. The second kappa shape index (κ2) is 8.04. The fourth-order valence-electron chi connectivity index (χ4n) is 3.05. The van der Waals surface area contributed by atoms with E-state index in [0.717, 1.165) is 22.1 Å². The molecular formula is C18H20F3N3O3S. The molecule has 28 heavy (non-hydrogen) atoms. The minimum absolute atomic E-state index is 0.0902. The summed E-state index contributed by atoms with van der Waals surface area (Å²) in [5.74, 6) is 0.479. The van der Waals surface area contributed by atoms with E-state index in [0.29, 0.717) is 25.3 Å². The van der Waals surface area contributed by atoms with Gasteiger partial charge < -0.3 is 4.74 Å². The first-order valence-electron chi connectivity index (χ1n) is 8.77. The summed E-state index contributed by atoms with van der Waals surface area (Å²) in [6.45, 7) is 2.44. The summed E-state index contributed by atoms with van der Waals surface area (Å²) >= 11 is 0. The zero-order valence-corrected chi connectivity index (χ0v) is 16.0. The Morgan fingerprint density at radius 2 is 1.79 bits per heavy atom. The van der Waals surface area contributed by atoms with Crippen molar-refractivity contribution < 1.29 is 26.3 Å². The van der Waals surface area contributed by atoms with Crippen molar-refractivity contribution in [2.24, 2.45) is 5.92 Å². The van der Waals surface area contributed by atoms with Crippen LogP contribution in [-0.4, -0.2) is 42.6 Å². The zero-order chi connectivity index (χ0) is 20.4. The molecule has 0 unspecified atom stereocenters. The Morgan fingerprint density at radius 3 is 2.39 bits per heavy atom. The standard InChI is InChI=1S/C18H20F3N3O3S/c1-13-6-7-17(23-22-13)27-12-14-8-10-24(11-9-14)28(25,26)16-5-3-2-4-15(16)18(19,20)21/h2-7,14H,8-12H2,1H3. The molecule has 1 fully saturated rings. The number of sulfonamides is 1. The van der Waals surface area contributed by atoms with Crippen LogP contribution in [0.15, 0.2) is 41.3 Å². The highest BCUT2D eigenvalue weighted by atomic mass is 32.2. The molecule has 0 saturated carbocycles. The van der Waals surface area contributed by atoms with Crippen LogP contribution in [0, 0.1) is 12.8 Å². The van der Waals surface area contributed by atoms with E-state index in [1.54, 1.807) is 12.1 Å². The number of rotatable bonds is 5. The molecule has 1 aromatic carbocycles. The summed E-state index contributed by atoms with van der Waals surface area (Å²) in [6, 6.07) is 7.75. The van der Waals surface area contributed by atoms with Gasteiger partial charge in [0.15, 0.2) is 0 Å². The molecule has 2 aromatic rings. The Labute approximate surface area is 161 Å². The molecule has 10 heteroatoms. The fourth-order valence-corrected chi connectivity index (χ4v) is 4.73. The van der Waals surface area contributed by atoms with E-state index in [1.165, 1.54) is 12.1 Å². The maximum absolute atomic E-state index is 13.2. The average molecular weight is 415 g/mol. The molecule has 0 N–H and O–H groups in total. The molecule has 1 saturated heterocycles. The second-order valence-corrected chi connectivity index (χ2v) is 8.57. The van der Waals surface area contributed by atoms with Gasteiger partial charge in [-0.2, -0.15) is 22.6 Å². The Balaban J connectivity index is 1.63. The van der Waals surface area contributed by atoms with Crippen LogP contribution in [0.1, 0.15) is 24.1 Å². The minimum Gasteiger partial charge on any atom is -0.476 e. The van der Waals surface area contributed by atoms with Crippen LogP contribution in [0.3, 0.4) is 0 Å². The molecule has 0 aliphatic carbocycles. The largest absolute Gasteiger partial charge is 0.476 e. The van der Waals surface area contributed by atoms with Crippen LogP contribution in [0.4, 0.5) is 13.2 Å². The van der Waals surface area contributed by atoms with Crippen LogP contribution in [-0.2, 0) is 16.2 Å². The van der Waals surface area contributed by atoms with E-state index >= 15 is 0 Å². The van der Waals surface area contributed by atoms with E-state index in [4.69, 9.17) is 4.74 Å². The molecule has 0 amide bonds. The lowest BCUT2D eigenvalue weighted by Gasteiger charge is -2.31. The highest BCUT2D eigenvalue weighted by Crippen LogP contribution is 2.36. The van der Waals surface area contributed by atoms with Crippen molar-refractivity contribution >= 4 is 10.0 Å². The Kier molecular flexibility index (Phi) is 5.90. The van der Waals surface area contributed by atoms with Gasteiger partial charge in [-0.3, -0.25) is 0 Å². The van der Waals surface area contributed by atoms with Crippen molar-refractivity contribution in [3.8, 4) is 5.88 Å². The van der Waals surface area contributed by atoms with Crippen LogP contribution in [0.25, 0.3) is 0 Å². The maximum Gasteiger partial charge on any atom is 0.417 e. The normalized spacial score (nSPS) is 16.9. The topological polar surface area (TPSA) is 72.4 Å². The van der Waals surface area contributed by atoms with Gasteiger partial charge in [0.05, 0.1) is 22.8 Å². The van der Waals surface area contributed by atoms with Gasteiger partial charge in [0.1, 0.15) is 0 Å². The number of aromatic nitrogens is 2. The van der Waals surface area contributed by atoms with Gasteiger partial charge in [0, 0.05) is 19.2 Å². The molecule has 6 nitrogen and oxygen atoms in total. The van der Waals surface area contributed by atoms with E-state index in [-0.39, 0.29) is 19.0 Å². The van der Waals surface area contributed by atoms with Crippen molar-refractivity contribution in [3.63, 3.8) is 0 Å². The first-order chi connectivity index (χ1) is 13.2. The summed E-state index contributed by atoms with van der Waals surface area (Å²) in [4.78, 5) is -0.702. The molecule has 152 valence electrons. The maximum atomic E-state index is 13.2. The molecule has 1 aromatic heterocycles. The zero-order valence-electron chi connectivity index (χ0n) is 15.2. The van der Waals surface area contributed by atoms with Gasteiger partial charge in [-0.05, 0) is 43.9 Å². The fraction of sp³-hybridized carbons (Fsp3) is 0.444. The molecule has 0 spiro atoms. The molecule has 2 heterocycles. The molecule has 0 bridgehead atoms. The monoisotopic (exact) mass is 415 g/mol. The lowest BCUT2D eigenvalue weighted by atomic mass is 9.99. The SMILES string of the molecule is Cc1ccc(OCC2CCN(S(=O)(=O)c3ccccc3C(F)(F)F)CC2)nn1. The highest BCUT2D eigenvalue weighted by Gasteiger charge is 2.39. The van der Waals surface area contributed by atoms with E-state index < -0.39 is 26.7 Å². The number of aryl methyl sites for hydroxylation is 1. The molecule has 3 rings (SSSR count). The minimum atomic E-state index is -4.73. The summed E-state index contributed by atoms with van der Waals surface area (Å²) < 4.78 is 71.7. The van der Waals surface area contributed by atoms with E-state index in [1.807, 2.05) is 6.92 Å². The summed E-state index contributed by atoms with van der Waals surface area (Å²) in [5, 5.41) is 7.80. The van der Waals surface area contributed by atoms with Gasteiger partial charge in [0.2, 0.25) is 15.9 Å². The van der Waals surface area contributed by atoms with Crippen LogP contribution in [0.2, 0.25) is 0 Å². The van der Waals surface area contributed by atoms with Crippen LogP contribution in [0.5, 0.6) is 5.88 Å². The number of halogens is 3. The van der Waals surface area contributed by atoms with E-state index in [9.17, 15) is 21.6 Å². The summed E-state index contributed by atoms with van der Waals surface area (Å²) in [6.07, 6.45) is -3.75. The lowest BCUT2D eigenvalue weighted by molar-refractivity contribution is -0.139. The molecule has 0 atom stereocenters. The Morgan fingerprint density at radius 1 is 1.11 bits per heavy atom. The van der Waals surface area contributed by atoms with Gasteiger partial charge >= 0.3 is 6.18 Å². The summed E-state index contributed by atoms with van der Waals surface area (Å²) in [7, 11) is -4.22. The van der Waals surface area contributed by atoms with Gasteiger partial charge in [-0.25, -0.2) is 8.42 Å². The van der Waals surface area contributed by atoms with Crippen LogP contribution >= 0.6 is 0 Å². The predicted octanol–water partition coefficient (Wildman–Crippen LogP) is 3.28. The van der Waals surface area contributed by atoms with Crippen molar-refractivity contribution in [2.75, 3.05) is 19.7 Å². The van der Waals surface area contributed by atoms with Crippen molar-refractivity contribution in [3.05, 3.63) is 47.7 Å². The second-order valence-electron chi connectivity index (χ2n) is 6.67. The summed E-state index contributed by atoms with van der Waals surface area (Å²) in [5.41, 5.74) is -0.372. The smallest absolute Gasteiger partial charge is 0.417 e. The van der Waals surface area contributed by atoms with E-state index in [2.05, 4.69) is 10.2 Å². The third-order valence-corrected chi connectivity index (χ3v) is 6.58. The number of ether oxygens (including phenoxy) is 1. The van der Waals surface area contributed by atoms with Gasteiger partial charge in [0.25, 0.3) is 0 Å². The number of benzene rings is 1. The molecule has 1 aliphatic rings. The number of hydrogen-bond donors (Lipinski definition) is 0. The highest BCUT2D eigenvalue weighted by molar-refractivity contribution is 7.89. The van der Waals surface area contributed by atoms with Crippen LogP contribution < -0.4 is 4.74 Å². The average Bonchev–Trinajstić information content (AvgIpc) is 2.67. The Bertz CT molecular complexity index is 910. The van der Waals surface area contributed by atoms with Crippen molar-refractivity contribution in [1.82, 2.24) is 14.5 Å². The lowest BCUT2D eigenvalue weighted by Crippen LogP contribution is -2.40. The first-order valence-corrected chi connectivity index (χ1v) is 10.2. The Hall–Kier alpha value is -2.20. The number of hydrogen-bond acceptors (Lipinski definition) is 5. The quantitative estimate of drug-likeness (QED) is 0.749. The van der Waals surface area contributed by atoms with Crippen molar-refractivity contribution in [2.45, 2.75) is 30.8 Å². The van der Waals surface area contributed by atoms with Gasteiger partial charge in [-0.1, -0.05) is 12.1 Å². The van der Waals surface area contributed by atoms with Crippen molar-refractivity contribution in [1.29, 1.82) is 0 Å². The number of piperidine rings is 1. The number of nitrogens with zero attached hydrogens (tertiary/aromatic N) is 3. The third kappa shape index (κ3) is 4.61. The molecule has 0 radical (unpaired) electrons. The molecular weight excluding hydrogens is 395 g/mol. The predicted molar refractivity (Wildman–Crippen MR) is 95.2 cm³/mol. The first kappa shape index (κ1) is 20.5.